The van der Waals surface area contributed by atoms with Crippen LogP contribution in [0.4, 0.5) is 20.2 Å². The summed E-state index contributed by atoms with van der Waals surface area (Å²) in [5, 5.41) is 13.1. The highest BCUT2D eigenvalue weighted by Gasteiger charge is 2.40. The molecule has 14 heteroatoms. The van der Waals surface area contributed by atoms with Crippen molar-refractivity contribution in [3.05, 3.63) is 53.1 Å². The second-order valence-corrected chi connectivity index (χ2v) is 7.67. The standard InChI is InChI=1S/C22H22F2N4O5.CO2.ClH/c1-11-3-2-4-15(17(11)33-22(23)24)28-7-8-32-18(21(28)31)16(29)20(30)27-13-5-6-14-12(9-13)10-26-19(14)25;2-1-3;/h2-6,9,16,18,22,29H,7-8,10H2,1H3,(H2,25,26)(H,27,30);;1H/t16-,18-;;/m1../s1. The number of morpholine rings is 1. The van der Waals surface area contributed by atoms with Crippen LogP contribution in [0.25, 0.3) is 0 Å². The molecule has 2 aromatic carbocycles. The van der Waals surface area contributed by atoms with Crippen LogP contribution in [-0.2, 0) is 30.5 Å². The highest BCUT2D eigenvalue weighted by molar-refractivity contribution is 6.05. The average Bonchev–Trinajstić information content (AvgIpc) is 3.20. The minimum Gasteiger partial charge on any atom is -0.432 e. The molecule has 11 nitrogen and oxygen atoms in total. The van der Waals surface area contributed by atoms with Crippen molar-refractivity contribution >= 4 is 47.6 Å². The molecule has 198 valence electrons. The molecule has 37 heavy (non-hydrogen) atoms. The van der Waals surface area contributed by atoms with E-state index in [4.69, 9.17) is 20.1 Å². The molecule has 2 amide bonds. The SMILES string of the molecule is Cc1cccc(N2CCO[C@H]([C@@H](O)C(=O)Nc3ccc4c(c3)CN=C4N)C2=O)c1OC(F)F.Cl.O=C=O. The largest absolute Gasteiger partial charge is 0.432 e. The lowest BCUT2D eigenvalue weighted by molar-refractivity contribution is -0.191. The van der Waals surface area contributed by atoms with E-state index in [1.54, 1.807) is 37.3 Å². The molecule has 0 aliphatic carbocycles. The van der Waals surface area contributed by atoms with Crippen molar-refractivity contribution in [2.24, 2.45) is 10.7 Å². The monoisotopic (exact) mass is 540 g/mol. The summed E-state index contributed by atoms with van der Waals surface area (Å²) in [4.78, 5) is 47.2. The molecule has 0 unspecified atom stereocenters. The number of hydrogen-bond acceptors (Lipinski definition) is 9. The van der Waals surface area contributed by atoms with Gasteiger partial charge >= 0.3 is 12.8 Å². The Hall–Kier alpha value is -3.90. The number of aryl methyl sites for hydroxylation is 1. The number of aliphatic hydroxyl groups excluding tert-OH is 1. The molecule has 2 aliphatic rings. The van der Waals surface area contributed by atoms with E-state index >= 15 is 0 Å². The number of carbonyl (C=O) groups excluding carboxylic acids is 4. The Morgan fingerprint density at radius 2 is 2.03 bits per heavy atom. The van der Waals surface area contributed by atoms with Crippen molar-refractivity contribution < 1.29 is 42.5 Å². The van der Waals surface area contributed by atoms with Gasteiger partial charge in [0.2, 0.25) is 0 Å². The smallest absolute Gasteiger partial charge is 0.387 e. The van der Waals surface area contributed by atoms with Gasteiger partial charge in [-0.15, -0.1) is 12.4 Å². The number of para-hydroxylation sites is 1. The first kappa shape index (κ1) is 29.3. The normalized spacial score (nSPS) is 16.9. The Kier molecular flexibility index (Phi) is 10.2. The number of ether oxygens (including phenoxy) is 2. The summed E-state index contributed by atoms with van der Waals surface area (Å²) in [6.45, 7) is -1.11. The first-order valence-electron chi connectivity index (χ1n) is 10.6. The van der Waals surface area contributed by atoms with Gasteiger partial charge in [0, 0.05) is 17.8 Å². The number of aliphatic imine (C=N–C) groups is 1. The number of benzene rings is 2. The van der Waals surface area contributed by atoms with Gasteiger partial charge in [0.15, 0.2) is 18.0 Å². The zero-order chi connectivity index (χ0) is 26.4. The third kappa shape index (κ3) is 6.66. The van der Waals surface area contributed by atoms with Gasteiger partial charge in [0.25, 0.3) is 11.8 Å². The quantitative estimate of drug-likeness (QED) is 0.495. The van der Waals surface area contributed by atoms with Crippen LogP contribution >= 0.6 is 12.4 Å². The Morgan fingerprint density at radius 3 is 2.70 bits per heavy atom. The highest BCUT2D eigenvalue weighted by Crippen LogP contribution is 2.35. The fraction of sp³-hybridized carbons (Fsp3) is 0.304. The number of carbonyl (C=O) groups is 2. The molecular formula is C23H23ClF2N4O7. The van der Waals surface area contributed by atoms with E-state index in [1.165, 1.54) is 11.0 Å². The average molecular weight is 541 g/mol. The van der Waals surface area contributed by atoms with Crippen molar-refractivity contribution in [2.75, 3.05) is 23.4 Å². The van der Waals surface area contributed by atoms with Crippen LogP contribution in [0.5, 0.6) is 5.75 Å². The third-order valence-corrected chi connectivity index (χ3v) is 5.43. The number of fused-ring (bicyclic) bond motifs is 1. The molecule has 0 radical (unpaired) electrons. The number of nitrogens with one attached hydrogen (secondary N) is 1. The summed E-state index contributed by atoms with van der Waals surface area (Å²) in [5.41, 5.74) is 8.29. The van der Waals surface area contributed by atoms with Gasteiger partial charge in [-0.3, -0.25) is 14.6 Å². The number of nitrogens with zero attached hydrogens (tertiary/aromatic N) is 2. The Morgan fingerprint density at radius 1 is 1.32 bits per heavy atom. The van der Waals surface area contributed by atoms with Crippen molar-refractivity contribution in [3.8, 4) is 5.75 Å². The summed E-state index contributed by atoms with van der Waals surface area (Å²) >= 11 is 0. The lowest BCUT2D eigenvalue weighted by Crippen LogP contribution is -2.55. The van der Waals surface area contributed by atoms with E-state index in [0.717, 1.165) is 11.1 Å². The second kappa shape index (κ2) is 12.9. The molecule has 0 spiro atoms. The van der Waals surface area contributed by atoms with Crippen LogP contribution in [0.3, 0.4) is 0 Å². The van der Waals surface area contributed by atoms with Crippen molar-refractivity contribution in [1.82, 2.24) is 0 Å². The predicted octanol–water partition coefficient (Wildman–Crippen LogP) is 1.39. The lowest BCUT2D eigenvalue weighted by atomic mass is 10.1. The molecular weight excluding hydrogens is 518 g/mol. The number of halogens is 3. The molecule has 0 saturated carbocycles. The van der Waals surface area contributed by atoms with Gasteiger partial charge in [-0.05, 0) is 42.3 Å². The van der Waals surface area contributed by atoms with Gasteiger partial charge < -0.3 is 30.5 Å². The molecule has 4 rings (SSSR count). The van der Waals surface area contributed by atoms with Gasteiger partial charge in [0.1, 0.15) is 5.84 Å². The molecule has 2 atom stereocenters. The zero-order valence-electron chi connectivity index (χ0n) is 19.4. The number of nitrogens with two attached hydrogens (primary N) is 1. The van der Waals surface area contributed by atoms with Crippen LogP contribution < -0.4 is 20.7 Å². The minimum absolute atomic E-state index is 0. The molecule has 4 N–H and O–H groups in total. The first-order chi connectivity index (χ1) is 17.2. The molecule has 2 aromatic rings. The zero-order valence-corrected chi connectivity index (χ0v) is 20.2. The van der Waals surface area contributed by atoms with Gasteiger partial charge in [-0.25, -0.2) is 0 Å². The predicted molar refractivity (Wildman–Crippen MR) is 128 cm³/mol. The molecule has 2 heterocycles. The minimum atomic E-state index is -3.08. The van der Waals surface area contributed by atoms with E-state index in [-0.39, 0.29) is 43.1 Å². The van der Waals surface area contributed by atoms with E-state index in [1.807, 2.05) is 0 Å². The maximum atomic E-state index is 13.1. The molecule has 1 fully saturated rings. The molecule has 0 bridgehead atoms. The van der Waals surface area contributed by atoms with Gasteiger partial charge in [-0.2, -0.15) is 18.4 Å². The van der Waals surface area contributed by atoms with Crippen molar-refractivity contribution in [2.45, 2.75) is 32.3 Å². The van der Waals surface area contributed by atoms with Crippen LogP contribution in [0.15, 0.2) is 41.4 Å². The maximum absolute atomic E-state index is 13.1. The van der Waals surface area contributed by atoms with Crippen LogP contribution in [-0.4, -0.2) is 60.9 Å². The number of amides is 2. The van der Waals surface area contributed by atoms with Crippen LogP contribution in [0.2, 0.25) is 0 Å². The topological polar surface area (TPSA) is 161 Å². The highest BCUT2D eigenvalue weighted by atomic mass is 35.5. The Labute approximate surface area is 215 Å². The number of hydrogen-bond donors (Lipinski definition) is 3. The first-order valence-corrected chi connectivity index (χ1v) is 10.6. The van der Waals surface area contributed by atoms with Crippen molar-refractivity contribution in [1.29, 1.82) is 0 Å². The summed E-state index contributed by atoms with van der Waals surface area (Å²) < 4.78 is 35.8. The summed E-state index contributed by atoms with van der Waals surface area (Å²) in [6, 6.07) is 9.61. The second-order valence-electron chi connectivity index (χ2n) is 7.67. The summed E-state index contributed by atoms with van der Waals surface area (Å²) in [5.74, 6) is -1.34. The number of alkyl halides is 2. The van der Waals surface area contributed by atoms with E-state index in [2.05, 4.69) is 15.0 Å². The van der Waals surface area contributed by atoms with Crippen LogP contribution in [0, 0.1) is 6.92 Å². The molecule has 0 aromatic heterocycles. The van der Waals surface area contributed by atoms with Crippen LogP contribution in [0.1, 0.15) is 16.7 Å². The number of amidine groups is 1. The number of aliphatic hydroxyl groups is 1. The third-order valence-electron chi connectivity index (χ3n) is 5.43. The van der Waals surface area contributed by atoms with E-state index in [0.29, 0.717) is 23.6 Å². The fourth-order valence-electron chi connectivity index (χ4n) is 3.82. The summed E-state index contributed by atoms with van der Waals surface area (Å²) in [7, 11) is 0. The maximum Gasteiger partial charge on any atom is 0.387 e. The van der Waals surface area contributed by atoms with Crippen molar-refractivity contribution in [3.63, 3.8) is 0 Å². The van der Waals surface area contributed by atoms with Gasteiger partial charge in [-0.1, -0.05) is 12.1 Å². The number of anilines is 2. The lowest BCUT2D eigenvalue weighted by Gasteiger charge is -2.35. The van der Waals surface area contributed by atoms with E-state index < -0.39 is 30.6 Å². The molecule has 2 aliphatic heterocycles. The Balaban J connectivity index is 0.00000115. The van der Waals surface area contributed by atoms with E-state index in [9.17, 15) is 23.5 Å². The Bertz CT molecular complexity index is 1220. The van der Waals surface area contributed by atoms with Gasteiger partial charge in [0.05, 0.1) is 18.8 Å². The number of rotatable bonds is 6. The fourth-order valence-corrected chi connectivity index (χ4v) is 3.82. The summed E-state index contributed by atoms with van der Waals surface area (Å²) in [6.07, 6.45) is -3.11. The molecule has 1 saturated heterocycles.